The summed E-state index contributed by atoms with van der Waals surface area (Å²) < 4.78 is 8.05. The van der Waals surface area contributed by atoms with Gasteiger partial charge in [0.1, 0.15) is 12.4 Å². The molecule has 6 nitrogen and oxygen atoms in total. The first kappa shape index (κ1) is 19.1. The van der Waals surface area contributed by atoms with E-state index < -0.39 is 0 Å². The lowest BCUT2D eigenvalue weighted by Gasteiger charge is -2.16. The predicted octanol–water partition coefficient (Wildman–Crippen LogP) is 4.17. The predicted molar refractivity (Wildman–Crippen MR) is 113 cm³/mol. The van der Waals surface area contributed by atoms with Crippen molar-refractivity contribution in [3.8, 4) is 5.75 Å². The van der Waals surface area contributed by atoms with Gasteiger partial charge in [-0.05, 0) is 61.7 Å². The van der Waals surface area contributed by atoms with E-state index in [0.717, 1.165) is 40.6 Å². The third-order valence-electron chi connectivity index (χ3n) is 4.95. The van der Waals surface area contributed by atoms with Gasteiger partial charge in [-0.25, -0.2) is 0 Å². The number of ether oxygens (including phenoxy) is 1. The average molecular weight is 387 g/mol. The van der Waals surface area contributed by atoms with Crippen molar-refractivity contribution in [3.05, 3.63) is 89.1 Å². The number of aromatic nitrogens is 4. The van der Waals surface area contributed by atoms with E-state index >= 15 is 0 Å². The van der Waals surface area contributed by atoms with Crippen LogP contribution in [0.1, 0.15) is 41.2 Å². The standard InChI is InChI=1S/C23H25N5O/c1-16-12-19(13-17(2)22(16)29-15-20-8-4-6-10-24-20)14-25-18(3)23-27-26-21-9-5-7-11-28(21)23/h4-13,18,25H,14-15H2,1-3H3. The van der Waals surface area contributed by atoms with Gasteiger partial charge in [0.25, 0.3) is 0 Å². The first-order valence-electron chi connectivity index (χ1n) is 9.77. The summed E-state index contributed by atoms with van der Waals surface area (Å²) in [5.41, 5.74) is 5.24. The molecule has 4 aromatic rings. The van der Waals surface area contributed by atoms with E-state index in [2.05, 4.69) is 53.4 Å². The van der Waals surface area contributed by atoms with Crippen LogP contribution in [0.25, 0.3) is 5.65 Å². The van der Waals surface area contributed by atoms with Gasteiger partial charge in [-0.3, -0.25) is 9.38 Å². The van der Waals surface area contributed by atoms with Crippen molar-refractivity contribution >= 4 is 5.65 Å². The number of hydrogen-bond acceptors (Lipinski definition) is 5. The Hall–Kier alpha value is -3.25. The van der Waals surface area contributed by atoms with Crippen molar-refractivity contribution in [2.24, 2.45) is 0 Å². The van der Waals surface area contributed by atoms with Gasteiger partial charge in [0.2, 0.25) is 0 Å². The maximum Gasteiger partial charge on any atom is 0.160 e. The quantitative estimate of drug-likeness (QED) is 0.516. The first-order valence-corrected chi connectivity index (χ1v) is 9.77. The van der Waals surface area contributed by atoms with E-state index in [1.807, 2.05) is 47.0 Å². The molecule has 1 atom stereocenters. The molecule has 148 valence electrons. The maximum absolute atomic E-state index is 6.04. The van der Waals surface area contributed by atoms with Crippen LogP contribution >= 0.6 is 0 Å². The van der Waals surface area contributed by atoms with Crippen LogP contribution in [0.3, 0.4) is 0 Å². The molecule has 0 fully saturated rings. The minimum Gasteiger partial charge on any atom is -0.487 e. The van der Waals surface area contributed by atoms with Crippen molar-refractivity contribution in [1.29, 1.82) is 0 Å². The molecule has 0 aliphatic carbocycles. The zero-order chi connectivity index (χ0) is 20.2. The Morgan fingerprint density at radius 1 is 1.03 bits per heavy atom. The number of benzene rings is 1. The van der Waals surface area contributed by atoms with Gasteiger partial charge >= 0.3 is 0 Å². The second-order valence-electron chi connectivity index (χ2n) is 7.26. The fraction of sp³-hybridized carbons (Fsp3) is 0.261. The maximum atomic E-state index is 6.04. The third-order valence-corrected chi connectivity index (χ3v) is 4.95. The number of nitrogens with one attached hydrogen (secondary N) is 1. The molecule has 0 spiro atoms. The van der Waals surface area contributed by atoms with E-state index in [-0.39, 0.29) is 6.04 Å². The molecule has 0 bridgehead atoms. The first-order chi connectivity index (χ1) is 14.1. The molecule has 29 heavy (non-hydrogen) atoms. The second-order valence-corrected chi connectivity index (χ2v) is 7.26. The molecule has 3 aromatic heterocycles. The summed E-state index contributed by atoms with van der Waals surface area (Å²) >= 11 is 0. The molecule has 0 amide bonds. The van der Waals surface area contributed by atoms with E-state index in [0.29, 0.717) is 6.61 Å². The Kier molecular flexibility index (Phi) is 5.53. The molecule has 0 aliphatic heterocycles. The fourth-order valence-corrected chi connectivity index (χ4v) is 3.52. The van der Waals surface area contributed by atoms with E-state index in [1.165, 1.54) is 5.56 Å². The topological polar surface area (TPSA) is 64.3 Å². The van der Waals surface area contributed by atoms with Crippen LogP contribution in [0.15, 0.2) is 60.9 Å². The van der Waals surface area contributed by atoms with Gasteiger partial charge in [-0.2, -0.15) is 0 Å². The lowest BCUT2D eigenvalue weighted by molar-refractivity contribution is 0.297. The van der Waals surface area contributed by atoms with Gasteiger partial charge in [0, 0.05) is 18.9 Å². The summed E-state index contributed by atoms with van der Waals surface area (Å²) in [4.78, 5) is 4.32. The molecule has 0 aliphatic rings. The van der Waals surface area contributed by atoms with Crippen LogP contribution in [0.5, 0.6) is 5.75 Å². The van der Waals surface area contributed by atoms with Gasteiger partial charge in [0.05, 0.1) is 11.7 Å². The SMILES string of the molecule is Cc1cc(CNC(C)c2nnc3ccccn23)cc(C)c1OCc1ccccn1. The molecular weight excluding hydrogens is 362 g/mol. The number of hydrogen-bond donors (Lipinski definition) is 1. The molecule has 4 rings (SSSR count). The van der Waals surface area contributed by atoms with Crippen LogP contribution in [0.4, 0.5) is 0 Å². The highest BCUT2D eigenvalue weighted by Crippen LogP contribution is 2.26. The number of nitrogens with zero attached hydrogens (tertiary/aromatic N) is 4. The summed E-state index contributed by atoms with van der Waals surface area (Å²) in [7, 11) is 0. The molecule has 6 heteroatoms. The van der Waals surface area contributed by atoms with Crippen molar-refractivity contribution in [2.45, 2.75) is 40.0 Å². The highest BCUT2D eigenvalue weighted by Gasteiger charge is 2.13. The number of fused-ring (bicyclic) bond motifs is 1. The second kappa shape index (κ2) is 8.41. The molecule has 0 saturated heterocycles. The lowest BCUT2D eigenvalue weighted by Crippen LogP contribution is -2.20. The molecule has 0 radical (unpaired) electrons. The van der Waals surface area contributed by atoms with Crippen LogP contribution in [-0.4, -0.2) is 19.6 Å². The van der Waals surface area contributed by atoms with Crippen molar-refractivity contribution in [1.82, 2.24) is 24.9 Å². The molecular formula is C23H25N5O. The normalized spacial score (nSPS) is 12.2. The monoisotopic (exact) mass is 387 g/mol. The number of pyridine rings is 2. The largest absolute Gasteiger partial charge is 0.487 e. The minimum atomic E-state index is 0.0769. The summed E-state index contributed by atoms with van der Waals surface area (Å²) in [6, 6.07) is 16.2. The third kappa shape index (κ3) is 4.27. The summed E-state index contributed by atoms with van der Waals surface area (Å²) in [6.45, 7) is 7.48. The van der Waals surface area contributed by atoms with E-state index in [1.54, 1.807) is 6.20 Å². The number of aryl methyl sites for hydroxylation is 2. The molecule has 1 unspecified atom stereocenters. The van der Waals surface area contributed by atoms with Crippen LogP contribution in [0.2, 0.25) is 0 Å². The van der Waals surface area contributed by atoms with Gasteiger partial charge in [0.15, 0.2) is 11.5 Å². The van der Waals surface area contributed by atoms with Crippen molar-refractivity contribution < 1.29 is 4.74 Å². The smallest absolute Gasteiger partial charge is 0.160 e. The summed E-state index contributed by atoms with van der Waals surface area (Å²) in [5, 5.41) is 12.1. The Balaban J connectivity index is 1.42. The zero-order valence-electron chi connectivity index (χ0n) is 17.0. The lowest BCUT2D eigenvalue weighted by atomic mass is 10.1. The Bertz CT molecular complexity index is 1080. The summed E-state index contributed by atoms with van der Waals surface area (Å²) in [5.74, 6) is 1.83. The van der Waals surface area contributed by atoms with Crippen LogP contribution < -0.4 is 10.1 Å². The Morgan fingerprint density at radius 3 is 2.59 bits per heavy atom. The average Bonchev–Trinajstić information content (AvgIpc) is 3.16. The highest BCUT2D eigenvalue weighted by atomic mass is 16.5. The molecule has 1 aromatic carbocycles. The van der Waals surface area contributed by atoms with E-state index in [4.69, 9.17) is 4.74 Å². The van der Waals surface area contributed by atoms with Gasteiger partial charge in [-0.1, -0.05) is 24.3 Å². The zero-order valence-corrected chi connectivity index (χ0v) is 17.0. The summed E-state index contributed by atoms with van der Waals surface area (Å²) in [6.07, 6.45) is 3.78. The molecule has 1 N–H and O–H groups in total. The van der Waals surface area contributed by atoms with Crippen molar-refractivity contribution in [2.75, 3.05) is 0 Å². The molecule has 3 heterocycles. The minimum absolute atomic E-state index is 0.0769. The Labute approximate surface area is 170 Å². The highest BCUT2D eigenvalue weighted by molar-refractivity contribution is 5.43. The van der Waals surface area contributed by atoms with Gasteiger partial charge in [-0.15, -0.1) is 10.2 Å². The van der Waals surface area contributed by atoms with E-state index in [9.17, 15) is 0 Å². The number of rotatable bonds is 7. The fourth-order valence-electron chi connectivity index (χ4n) is 3.52. The van der Waals surface area contributed by atoms with Crippen molar-refractivity contribution in [3.63, 3.8) is 0 Å². The van der Waals surface area contributed by atoms with Gasteiger partial charge < -0.3 is 10.1 Å². The molecule has 0 saturated carbocycles. The van der Waals surface area contributed by atoms with Crippen LogP contribution in [-0.2, 0) is 13.2 Å². The van der Waals surface area contributed by atoms with Crippen LogP contribution in [0, 0.1) is 13.8 Å². The Morgan fingerprint density at radius 2 is 1.83 bits per heavy atom.